The second-order valence-electron chi connectivity index (χ2n) is 8.56. The van der Waals surface area contributed by atoms with Crippen molar-refractivity contribution < 1.29 is 12.9 Å². The van der Waals surface area contributed by atoms with Gasteiger partial charge in [0.05, 0.1) is 6.61 Å². The zero-order chi connectivity index (χ0) is 20.0. The van der Waals surface area contributed by atoms with Crippen molar-refractivity contribution in [2.75, 3.05) is 6.61 Å². The maximum Gasteiger partial charge on any atom is 0.387 e. The Morgan fingerprint density at radius 1 is 0.690 bits per heavy atom. The Kier molecular flexibility index (Phi) is 4.38. The molecule has 0 amide bonds. The van der Waals surface area contributed by atoms with E-state index in [4.69, 9.17) is 12.9 Å². The van der Waals surface area contributed by atoms with E-state index in [-0.39, 0.29) is 5.41 Å². The lowest BCUT2D eigenvalue weighted by Gasteiger charge is -2.15. The van der Waals surface area contributed by atoms with Gasteiger partial charge >= 0.3 is 8.24 Å². The van der Waals surface area contributed by atoms with Crippen molar-refractivity contribution in [3.8, 4) is 0 Å². The third kappa shape index (κ3) is 3.42. The summed E-state index contributed by atoms with van der Waals surface area (Å²) in [6, 6.07) is 25.1. The molecule has 0 N–H and O–H groups in total. The smallest absolute Gasteiger partial charge is 0.387 e. The minimum absolute atomic E-state index is 0.0276. The van der Waals surface area contributed by atoms with Gasteiger partial charge < -0.3 is 8.39 Å². The monoisotopic (exact) mass is 402 g/mol. The average Bonchev–Trinajstić information content (AvgIpc) is 2.88. The molecule has 29 heavy (non-hydrogen) atoms. The van der Waals surface area contributed by atoms with Crippen LogP contribution in [0.5, 0.6) is 0 Å². The van der Waals surface area contributed by atoms with E-state index in [1.807, 2.05) is 12.1 Å². The van der Waals surface area contributed by atoms with Crippen molar-refractivity contribution in [1.29, 1.82) is 0 Å². The van der Waals surface area contributed by atoms with E-state index in [0.29, 0.717) is 6.61 Å². The molecule has 0 aliphatic carbocycles. The summed E-state index contributed by atoms with van der Waals surface area (Å²) in [6.07, 6.45) is 0. The van der Waals surface area contributed by atoms with Gasteiger partial charge in [0.2, 0.25) is 0 Å². The van der Waals surface area contributed by atoms with Crippen LogP contribution < -0.4 is 4.52 Å². The van der Waals surface area contributed by atoms with Crippen molar-refractivity contribution in [2.24, 2.45) is 5.41 Å². The van der Waals surface area contributed by atoms with Gasteiger partial charge in [0.1, 0.15) is 11.2 Å². The van der Waals surface area contributed by atoms with Gasteiger partial charge in [-0.25, -0.2) is 0 Å². The van der Waals surface area contributed by atoms with Gasteiger partial charge in [-0.2, -0.15) is 0 Å². The SMILES string of the molecule is CC(C)(C)COp1oc2ccc3ccccc3c2c2c(ccc3ccccc32)o1. The van der Waals surface area contributed by atoms with Crippen molar-refractivity contribution in [1.82, 2.24) is 0 Å². The number of rotatable bonds is 2. The molecule has 0 saturated carbocycles. The average molecular weight is 402 g/mol. The Bertz CT molecular complexity index is 1300. The Labute approximate surface area is 170 Å². The van der Waals surface area contributed by atoms with E-state index in [0.717, 1.165) is 32.7 Å². The van der Waals surface area contributed by atoms with Crippen molar-refractivity contribution >= 4 is 51.7 Å². The summed E-state index contributed by atoms with van der Waals surface area (Å²) in [5, 5.41) is 6.79. The predicted octanol–water partition coefficient (Wildman–Crippen LogP) is 8.07. The van der Waals surface area contributed by atoms with Crippen molar-refractivity contribution in [2.45, 2.75) is 20.8 Å². The first-order valence-corrected chi connectivity index (χ1v) is 10.9. The number of benzene rings is 4. The third-order valence-electron chi connectivity index (χ3n) is 4.98. The molecular weight excluding hydrogens is 379 g/mol. The second-order valence-corrected chi connectivity index (χ2v) is 9.63. The Morgan fingerprint density at radius 2 is 1.17 bits per heavy atom. The lowest BCUT2D eigenvalue weighted by molar-refractivity contribution is 0.238. The Morgan fingerprint density at radius 3 is 1.66 bits per heavy atom. The van der Waals surface area contributed by atoms with Gasteiger partial charge in [-0.1, -0.05) is 81.4 Å². The van der Waals surface area contributed by atoms with Gasteiger partial charge in [-0.3, -0.25) is 4.52 Å². The van der Waals surface area contributed by atoms with Gasteiger partial charge in [-0.15, -0.1) is 0 Å². The summed E-state index contributed by atoms with van der Waals surface area (Å²) in [7, 11) is -1.55. The molecule has 0 aliphatic heterocycles. The van der Waals surface area contributed by atoms with Crippen molar-refractivity contribution in [3.05, 3.63) is 72.8 Å². The van der Waals surface area contributed by atoms with Crippen LogP contribution in [-0.2, 0) is 0 Å². The molecule has 0 unspecified atom stereocenters. The van der Waals surface area contributed by atoms with Gasteiger partial charge in [0.25, 0.3) is 0 Å². The minimum atomic E-state index is -1.55. The molecule has 1 heterocycles. The second kappa shape index (κ2) is 6.95. The first kappa shape index (κ1) is 18.3. The zero-order valence-electron chi connectivity index (χ0n) is 16.8. The zero-order valence-corrected chi connectivity index (χ0v) is 17.7. The first-order valence-electron chi connectivity index (χ1n) is 9.82. The first-order chi connectivity index (χ1) is 14.0. The van der Waals surface area contributed by atoms with Crippen LogP contribution in [0.15, 0.2) is 81.2 Å². The van der Waals surface area contributed by atoms with Crippen LogP contribution in [0.3, 0.4) is 0 Å². The molecule has 4 heteroatoms. The molecule has 0 fully saturated rings. The van der Waals surface area contributed by atoms with E-state index >= 15 is 0 Å². The maximum atomic E-state index is 6.31. The fraction of sp³-hybridized carbons (Fsp3) is 0.200. The van der Waals surface area contributed by atoms with Crippen LogP contribution in [0.25, 0.3) is 43.5 Å². The highest BCUT2D eigenvalue weighted by atomic mass is 31.1. The minimum Gasteiger partial charge on any atom is -0.399 e. The summed E-state index contributed by atoms with van der Waals surface area (Å²) in [6.45, 7) is 6.99. The van der Waals surface area contributed by atoms with Crippen LogP contribution in [0.4, 0.5) is 0 Å². The van der Waals surface area contributed by atoms with Crippen molar-refractivity contribution in [3.63, 3.8) is 0 Å². The maximum absolute atomic E-state index is 6.31. The van der Waals surface area contributed by atoms with E-state index in [9.17, 15) is 0 Å². The number of hydrogen-bond acceptors (Lipinski definition) is 3. The van der Waals surface area contributed by atoms with Gasteiger partial charge in [0, 0.05) is 10.8 Å². The lowest BCUT2D eigenvalue weighted by atomic mass is 9.99. The number of hydrogen-bond donors (Lipinski definition) is 0. The molecule has 0 saturated heterocycles. The standard InChI is InChI=1S/C25H23O3P/c1-25(2,3)16-26-29-27-21-14-12-17-8-4-6-10-19(17)23(21)24-20-11-7-5-9-18(20)13-15-22(24)28-29/h4-15H,16H2,1-3H3. The summed E-state index contributed by atoms with van der Waals surface area (Å²) in [5.74, 6) is 0. The van der Waals surface area contributed by atoms with Crippen LogP contribution >= 0.6 is 8.24 Å². The highest BCUT2D eigenvalue weighted by Gasteiger charge is 2.16. The molecule has 0 bridgehead atoms. The van der Waals surface area contributed by atoms with Crippen LogP contribution in [-0.4, -0.2) is 6.61 Å². The van der Waals surface area contributed by atoms with E-state index in [1.54, 1.807) is 0 Å². The predicted molar refractivity (Wildman–Crippen MR) is 122 cm³/mol. The Hall–Kier alpha value is -2.74. The molecule has 146 valence electrons. The van der Waals surface area contributed by atoms with Crippen LogP contribution in [0.1, 0.15) is 20.8 Å². The Balaban J connectivity index is 1.96. The summed E-state index contributed by atoms with van der Waals surface area (Å²) in [4.78, 5) is 0. The number of fused-ring (bicyclic) bond motifs is 7. The largest absolute Gasteiger partial charge is 0.399 e. The molecule has 5 rings (SSSR count). The van der Waals surface area contributed by atoms with E-state index in [1.165, 1.54) is 10.8 Å². The molecule has 0 aliphatic rings. The molecular formula is C25H23O3P. The molecule has 5 aromatic rings. The van der Waals surface area contributed by atoms with E-state index in [2.05, 4.69) is 81.4 Å². The highest BCUT2D eigenvalue weighted by Crippen LogP contribution is 2.40. The van der Waals surface area contributed by atoms with Gasteiger partial charge in [-0.05, 0) is 39.1 Å². The molecule has 1 aromatic heterocycles. The molecule has 3 nitrogen and oxygen atoms in total. The topological polar surface area (TPSA) is 35.5 Å². The van der Waals surface area contributed by atoms with Crippen LogP contribution in [0.2, 0.25) is 0 Å². The molecule has 0 spiro atoms. The summed E-state index contributed by atoms with van der Waals surface area (Å²) < 4.78 is 18.7. The lowest BCUT2D eigenvalue weighted by Crippen LogP contribution is -2.15. The summed E-state index contributed by atoms with van der Waals surface area (Å²) in [5.41, 5.74) is 1.64. The van der Waals surface area contributed by atoms with Crippen LogP contribution in [0, 0.1) is 5.41 Å². The molecule has 0 atom stereocenters. The van der Waals surface area contributed by atoms with Gasteiger partial charge in [0.15, 0.2) is 0 Å². The summed E-state index contributed by atoms with van der Waals surface area (Å²) >= 11 is 0. The fourth-order valence-electron chi connectivity index (χ4n) is 3.65. The highest BCUT2D eigenvalue weighted by molar-refractivity contribution is 7.31. The normalized spacial score (nSPS) is 12.2. The quantitative estimate of drug-likeness (QED) is 0.299. The third-order valence-corrected chi connectivity index (χ3v) is 6.01. The molecule has 0 radical (unpaired) electrons. The van der Waals surface area contributed by atoms with E-state index < -0.39 is 8.24 Å². The molecule has 4 aromatic carbocycles. The fourth-order valence-corrected chi connectivity index (χ4v) is 4.91.